The summed E-state index contributed by atoms with van der Waals surface area (Å²) in [5, 5.41) is 0. The van der Waals surface area contributed by atoms with Gasteiger partial charge < -0.3 is 9.47 Å². The van der Waals surface area contributed by atoms with Gasteiger partial charge in [0.05, 0.1) is 7.11 Å². The van der Waals surface area contributed by atoms with E-state index in [-0.39, 0.29) is 5.78 Å². The zero-order valence-corrected chi connectivity index (χ0v) is 14.6. The van der Waals surface area contributed by atoms with Crippen LogP contribution < -0.4 is 9.47 Å². The van der Waals surface area contributed by atoms with E-state index in [1.165, 1.54) is 0 Å². The number of carbonyl (C=O) groups excluding carboxylic acids is 1. The molecule has 0 unspecified atom stereocenters. The summed E-state index contributed by atoms with van der Waals surface area (Å²) < 4.78 is 11.3. The molecular formula is C23H20O3. The van der Waals surface area contributed by atoms with Gasteiger partial charge in [-0.3, -0.25) is 4.79 Å². The van der Waals surface area contributed by atoms with E-state index in [0.29, 0.717) is 23.7 Å². The lowest BCUT2D eigenvalue weighted by atomic mass is 10.1. The van der Waals surface area contributed by atoms with Crippen molar-refractivity contribution >= 4 is 11.9 Å². The SMILES string of the molecule is COc1cc(/C=C/C(=O)c2ccccc2)ccc1OCc1ccccc1. The topological polar surface area (TPSA) is 35.5 Å². The van der Waals surface area contributed by atoms with Crippen LogP contribution >= 0.6 is 0 Å². The molecule has 0 atom stereocenters. The van der Waals surface area contributed by atoms with Crippen LogP contribution in [0.1, 0.15) is 21.5 Å². The van der Waals surface area contributed by atoms with Crippen molar-refractivity contribution in [3.05, 3.63) is 102 Å². The molecule has 0 saturated heterocycles. The maximum absolute atomic E-state index is 12.2. The lowest BCUT2D eigenvalue weighted by molar-refractivity contribution is 0.104. The van der Waals surface area contributed by atoms with Gasteiger partial charge in [-0.25, -0.2) is 0 Å². The van der Waals surface area contributed by atoms with Gasteiger partial charge in [-0.05, 0) is 29.3 Å². The van der Waals surface area contributed by atoms with E-state index in [9.17, 15) is 4.79 Å². The van der Waals surface area contributed by atoms with E-state index in [0.717, 1.165) is 11.1 Å². The van der Waals surface area contributed by atoms with Crippen LogP contribution in [0, 0.1) is 0 Å². The molecule has 0 aliphatic heterocycles. The molecule has 0 amide bonds. The molecular weight excluding hydrogens is 324 g/mol. The van der Waals surface area contributed by atoms with Crippen LogP contribution in [0.15, 0.2) is 84.9 Å². The van der Waals surface area contributed by atoms with Gasteiger partial charge >= 0.3 is 0 Å². The maximum atomic E-state index is 12.2. The van der Waals surface area contributed by atoms with Crippen molar-refractivity contribution in [3.63, 3.8) is 0 Å². The Hall–Kier alpha value is -3.33. The lowest BCUT2D eigenvalue weighted by Gasteiger charge is -2.11. The molecule has 0 aliphatic rings. The smallest absolute Gasteiger partial charge is 0.185 e. The molecule has 3 aromatic rings. The normalized spacial score (nSPS) is 10.7. The summed E-state index contributed by atoms with van der Waals surface area (Å²) in [7, 11) is 1.60. The zero-order chi connectivity index (χ0) is 18.2. The highest BCUT2D eigenvalue weighted by Gasteiger charge is 2.06. The third-order valence-electron chi connectivity index (χ3n) is 3.91. The van der Waals surface area contributed by atoms with Crippen molar-refractivity contribution < 1.29 is 14.3 Å². The second-order valence-electron chi connectivity index (χ2n) is 5.75. The number of hydrogen-bond donors (Lipinski definition) is 0. The zero-order valence-electron chi connectivity index (χ0n) is 14.6. The highest BCUT2D eigenvalue weighted by molar-refractivity contribution is 6.06. The van der Waals surface area contributed by atoms with Crippen molar-refractivity contribution in [1.82, 2.24) is 0 Å². The number of ketones is 1. The number of methoxy groups -OCH3 is 1. The minimum absolute atomic E-state index is 0.0334. The maximum Gasteiger partial charge on any atom is 0.185 e. The number of hydrogen-bond acceptors (Lipinski definition) is 3. The number of benzene rings is 3. The van der Waals surface area contributed by atoms with E-state index >= 15 is 0 Å². The summed E-state index contributed by atoms with van der Waals surface area (Å²) in [4.78, 5) is 12.2. The monoisotopic (exact) mass is 344 g/mol. The Labute approximate surface area is 153 Å². The molecule has 3 heteroatoms. The Morgan fingerprint density at radius 1 is 0.885 bits per heavy atom. The van der Waals surface area contributed by atoms with E-state index in [4.69, 9.17) is 9.47 Å². The quantitative estimate of drug-likeness (QED) is 0.438. The third-order valence-corrected chi connectivity index (χ3v) is 3.91. The first-order valence-electron chi connectivity index (χ1n) is 8.38. The fraction of sp³-hybridized carbons (Fsp3) is 0.0870. The third kappa shape index (κ3) is 4.61. The minimum atomic E-state index is -0.0334. The first-order valence-corrected chi connectivity index (χ1v) is 8.38. The van der Waals surface area contributed by atoms with Gasteiger partial charge in [-0.15, -0.1) is 0 Å². The summed E-state index contributed by atoms with van der Waals surface area (Å²) in [6, 6.07) is 24.8. The fourth-order valence-corrected chi connectivity index (χ4v) is 2.51. The van der Waals surface area contributed by atoms with E-state index in [1.807, 2.05) is 66.7 Å². The standard InChI is InChI=1S/C23H20O3/c1-25-23-16-18(12-14-21(24)20-10-6-3-7-11-20)13-15-22(23)26-17-19-8-4-2-5-9-19/h2-16H,17H2,1H3/b14-12+. The Morgan fingerprint density at radius 2 is 1.58 bits per heavy atom. The van der Waals surface area contributed by atoms with E-state index < -0.39 is 0 Å². The number of ether oxygens (including phenoxy) is 2. The highest BCUT2D eigenvalue weighted by Crippen LogP contribution is 2.29. The van der Waals surface area contributed by atoms with Crippen molar-refractivity contribution in [2.75, 3.05) is 7.11 Å². The van der Waals surface area contributed by atoms with Gasteiger partial charge in [-0.2, -0.15) is 0 Å². The van der Waals surface area contributed by atoms with Crippen LogP contribution in [0.3, 0.4) is 0 Å². The summed E-state index contributed by atoms with van der Waals surface area (Å²) >= 11 is 0. The molecule has 0 bridgehead atoms. The Bertz CT molecular complexity index is 884. The Balaban J connectivity index is 1.70. The summed E-state index contributed by atoms with van der Waals surface area (Å²) in [5.41, 5.74) is 2.63. The number of allylic oxidation sites excluding steroid dienone is 1. The molecule has 0 N–H and O–H groups in total. The molecule has 26 heavy (non-hydrogen) atoms. The minimum Gasteiger partial charge on any atom is -0.493 e. The van der Waals surface area contributed by atoms with Crippen LogP contribution in [0.2, 0.25) is 0 Å². The second kappa shape index (κ2) is 8.67. The molecule has 0 saturated carbocycles. The molecule has 0 radical (unpaired) electrons. The van der Waals surface area contributed by atoms with Crippen molar-refractivity contribution in [1.29, 1.82) is 0 Å². The van der Waals surface area contributed by atoms with Crippen LogP contribution in [0.4, 0.5) is 0 Å². The van der Waals surface area contributed by atoms with Gasteiger partial charge in [-0.1, -0.05) is 72.8 Å². The van der Waals surface area contributed by atoms with Crippen molar-refractivity contribution in [2.45, 2.75) is 6.61 Å². The largest absolute Gasteiger partial charge is 0.493 e. The van der Waals surface area contributed by atoms with Gasteiger partial charge in [0.15, 0.2) is 17.3 Å². The molecule has 3 rings (SSSR count). The average Bonchev–Trinajstić information content (AvgIpc) is 2.72. The van der Waals surface area contributed by atoms with Crippen molar-refractivity contribution in [3.8, 4) is 11.5 Å². The van der Waals surface area contributed by atoms with Crippen LogP contribution in [-0.4, -0.2) is 12.9 Å². The first kappa shape index (κ1) is 17.5. The van der Waals surface area contributed by atoms with Crippen molar-refractivity contribution in [2.24, 2.45) is 0 Å². The predicted octanol–water partition coefficient (Wildman–Crippen LogP) is 5.17. The van der Waals surface area contributed by atoms with Crippen LogP contribution in [-0.2, 0) is 6.61 Å². The van der Waals surface area contributed by atoms with Gasteiger partial charge in [0, 0.05) is 5.56 Å². The van der Waals surface area contributed by atoms with E-state index in [1.54, 1.807) is 31.4 Å². The number of carbonyl (C=O) groups is 1. The van der Waals surface area contributed by atoms with Gasteiger partial charge in [0.2, 0.25) is 0 Å². The predicted molar refractivity (Wildman–Crippen MR) is 104 cm³/mol. The van der Waals surface area contributed by atoms with Gasteiger partial charge in [0.25, 0.3) is 0 Å². The summed E-state index contributed by atoms with van der Waals surface area (Å²) in [6.07, 6.45) is 3.34. The molecule has 0 spiro atoms. The highest BCUT2D eigenvalue weighted by atomic mass is 16.5. The second-order valence-corrected chi connectivity index (χ2v) is 5.75. The van der Waals surface area contributed by atoms with Gasteiger partial charge in [0.1, 0.15) is 6.61 Å². The molecule has 3 nitrogen and oxygen atoms in total. The summed E-state index contributed by atoms with van der Waals surface area (Å²) in [5.74, 6) is 1.27. The molecule has 0 fully saturated rings. The molecule has 3 aromatic carbocycles. The Kier molecular flexibility index (Phi) is 5.84. The molecule has 0 heterocycles. The number of rotatable bonds is 7. The Morgan fingerprint density at radius 3 is 2.27 bits per heavy atom. The molecule has 130 valence electrons. The van der Waals surface area contributed by atoms with Crippen LogP contribution in [0.5, 0.6) is 11.5 Å². The van der Waals surface area contributed by atoms with Crippen LogP contribution in [0.25, 0.3) is 6.08 Å². The molecule has 0 aliphatic carbocycles. The lowest BCUT2D eigenvalue weighted by Crippen LogP contribution is -1.98. The average molecular weight is 344 g/mol. The fourth-order valence-electron chi connectivity index (χ4n) is 2.51. The first-order chi connectivity index (χ1) is 12.8. The summed E-state index contributed by atoms with van der Waals surface area (Å²) in [6.45, 7) is 0.471. The van der Waals surface area contributed by atoms with E-state index in [2.05, 4.69) is 0 Å². The molecule has 0 aromatic heterocycles.